The van der Waals surface area contributed by atoms with Gasteiger partial charge in [-0.05, 0) is 12.5 Å². The molecule has 1 heterocycles. The molecular weight excluding hydrogens is 257 g/mol. The number of terminal acetylenes is 1. The fourth-order valence-corrected chi connectivity index (χ4v) is 1.30. The summed E-state index contributed by atoms with van der Waals surface area (Å²) >= 11 is 0. The lowest BCUT2D eigenvalue weighted by molar-refractivity contribution is -0.137. The van der Waals surface area contributed by atoms with Crippen LogP contribution in [-0.2, 0) is 6.18 Å². The predicted molar refractivity (Wildman–Crippen MR) is 67.0 cm³/mol. The summed E-state index contributed by atoms with van der Waals surface area (Å²) < 4.78 is 43.3. The summed E-state index contributed by atoms with van der Waals surface area (Å²) in [6.07, 6.45) is 1.71. The molecule has 1 N–H and O–H groups in total. The van der Waals surface area contributed by atoms with Crippen LogP contribution >= 0.6 is 0 Å². The van der Waals surface area contributed by atoms with Gasteiger partial charge in [-0.3, -0.25) is 0 Å². The molecule has 1 aromatic rings. The third kappa shape index (κ3) is 5.08. The quantitative estimate of drug-likeness (QED) is 0.637. The summed E-state index contributed by atoms with van der Waals surface area (Å²) in [5.74, 6) is 2.41. The molecule has 3 nitrogen and oxygen atoms in total. The SMILES string of the molecule is C#CCCOc1cc(C(F)(F)F)cc(NCCC)n1. The van der Waals surface area contributed by atoms with Crippen LogP contribution in [0, 0.1) is 12.3 Å². The van der Waals surface area contributed by atoms with E-state index in [0.29, 0.717) is 13.0 Å². The number of rotatable bonds is 6. The van der Waals surface area contributed by atoms with Gasteiger partial charge in [0, 0.05) is 19.0 Å². The zero-order valence-corrected chi connectivity index (χ0v) is 10.5. The minimum atomic E-state index is -4.43. The molecule has 0 aliphatic rings. The van der Waals surface area contributed by atoms with Crippen molar-refractivity contribution in [3.8, 4) is 18.2 Å². The van der Waals surface area contributed by atoms with E-state index in [-0.39, 0.29) is 18.3 Å². The zero-order chi connectivity index (χ0) is 14.3. The number of halogens is 3. The number of pyridine rings is 1. The number of nitrogens with one attached hydrogen (secondary N) is 1. The summed E-state index contributed by atoms with van der Waals surface area (Å²) in [5, 5.41) is 2.81. The molecule has 1 aromatic heterocycles. The number of alkyl halides is 3. The lowest BCUT2D eigenvalue weighted by atomic mass is 10.2. The number of hydrogen-bond acceptors (Lipinski definition) is 3. The Morgan fingerprint density at radius 3 is 2.74 bits per heavy atom. The normalized spacial score (nSPS) is 10.9. The Kier molecular flexibility index (Phi) is 5.49. The summed E-state index contributed by atoms with van der Waals surface area (Å²) in [5.41, 5.74) is -0.795. The van der Waals surface area contributed by atoms with Gasteiger partial charge in [0.05, 0.1) is 5.56 Å². The molecule has 1 rings (SSSR count). The van der Waals surface area contributed by atoms with Crippen LogP contribution in [0.4, 0.5) is 19.0 Å². The first-order valence-electron chi connectivity index (χ1n) is 5.86. The van der Waals surface area contributed by atoms with Crippen LogP contribution in [0.5, 0.6) is 5.88 Å². The molecule has 0 spiro atoms. The van der Waals surface area contributed by atoms with Crippen molar-refractivity contribution >= 4 is 5.82 Å². The van der Waals surface area contributed by atoms with Crippen LogP contribution in [0.25, 0.3) is 0 Å². The molecule has 0 atom stereocenters. The van der Waals surface area contributed by atoms with E-state index in [0.717, 1.165) is 18.6 Å². The van der Waals surface area contributed by atoms with Gasteiger partial charge in [-0.1, -0.05) is 6.92 Å². The van der Waals surface area contributed by atoms with Crippen LogP contribution in [0.15, 0.2) is 12.1 Å². The minimum absolute atomic E-state index is 0.0799. The molecule has 0 aromatic carbocycles. The maximum atomic E-state index is 12.7. The highest BCUT2D eigenvalue weighted by Gasteiger charge is 2.31. The van der Waals surface area contributed by atoms with Gasteiger partial charge in [0.1, 0.15) is 12.4 Å². The molecular formula is C13H15F3N2O. The smallest absolute Gasteiger partial charge is 0.416 e. The Hall–Kier alpha value is -1.90. The van der Waals surface area contributed by atoms with Gasteiger partial charge in [0.2, 0.25) is 5.88 Å². The van der Waals surface area contributed by atoms with E-state index in [1.807, 2.05) is 6.92 Å². The van der Waals surface area contributed by atoms with E-state index in [9.17, 15) is 13.2 Å². The minimum Gasteiger partial charge on any atom is -0.477 e. The molecule has 19 heavy (non-hydrogen) atoms. The van der Waals surface area contributed by atoms with Crippen molar-refractivity contribution in [1.29, 1.82) is 0 Å². The number of ether oxygens (including phenoxy) is 1. The third-order valence-corrected chi connectivity index (χ3v) is 2.18. The highest BCUT2D eigenvalue weighted by Crippen LogP contribution is 2.32. The first-order chi connectivity index (χ1) is 8.97. The zero-order valence-electron chi connectivity index (χ0n) is 10.5. The molecule has 104 valence electrons. The van der Waals surface area contributed by atoms with E-state index in [1.54, 1.807) is 0 Å². The maximum Gasteiger partial charge on any atom is 0.416 e. The largest absolute Gasteiger partial charge is 0.477 e. The van der Waals surface area contributed by atoms with Crippen molar-refractivity contribution in [2.24, 2.45) is 0 Å². The van der Waals surface area contributed by atoms with Crippen molar-refractivity contribution in [2.45, 2.75) is 25.9 Å². The Bertz CT molecular complexity index is 452. The standard InChI is InChI=1S/C13H15F3N2O/c1-3-5-7-19-12-9-10(13(14,15)16)8-11(18-12)17-6-4-2/h1,8-9H,4-7H2,2H3,(H,17,18). The molecule has 0 fully saturated rings. The van der Waals surface area contributed by atoms with Crippen LogP contribution < -0.4 is 10.1 Å². The van der Waals surface area contributed by atoms with Crippen LogP contribution in [-0.4, -0.2) is 18.1 Å². The van der Waals surface area contributed by atoms with Gasteiger partial charge in [0.15, 0.2) is 0 Å². The molecule has 0 radical (unpaired) electrons. The molecule has 0 saturated heterocycles. The maximum absolute atomic E-state index is 12.7. The number of aromatic nitrogens is 1. The lowest BCUT2D eigenvalue weighted by Crippen LogP contribution is -2.10. The highest BCUT2D eigenvalue weighted by atomic mass is 19.4. The van der Waals surface area contributed by atoms with Gasteiger partial charge in [-0.2, -0.15) is 18.2 Å². The van der Waals surface area contributed by atoms with Gasteiger partial charge >= 0.3 is 6.18 Å². The van der Waals surface area contributed by atoms with Crippen molar-refractivity contribution in [1.82, 2.24) is 4.98 Å². The molecule has 6 heteroatoms. The van der Waals surface area contributed by atoms with Crippen LogP contribution in [0.3, 0.4) is 0 Å². The fraction of sp³-hybridized carbons (Fsp3) is 0.462. The van der Waals surface area contributed by atoms with E-state index in [4.69, 9.17) is 11.2 Å². The summed E-state index contributed by atoms with van der Waals surface area (Å²) in [4.78, 5) is 3.95. The Morgan fingerprint density at radius 2 is 2.16 bits per heavy atom. The highest BCUT2D eigenvalue weighted by molar-refractivity contribution is 5.42. The Balaban J connectivity index is 2.92. The summed E-state index contributed by atoms with van der Waals surface area (Å²) in [7, 11) is 0. The van der Waals surface area contributed by atoms with E-state index in [1.165, 1.54) is 0 Å². The first-order valence-corrected chi connectivity index (χ1v) is 5.86. The fourth-order valence-electron chi connectivity index (χ4n) is 1.30. The number of anilines is 1. The van der Waals surface area contributed by atoms with Crippen molar-refractivity contribution < 1.29 is 17.9 Å². The lowest BCUT2D eigenvalue weighted by Gasteiger charge is -2.12. The van der Waals surface area contributed by atoms with Crippen LogP contribution in [0.1, 0.15) is 25.3 Å². The molecule has 0 unspecified atom stereocenters. The molecule has 0 bridgehead atoms. The van der Waals surface area contributed by atoms with Gasteiger partial charge in [-0.15, -0.1) is 12.3 Å². The van der Waals surface area contributed by atoms with E-state index >= 15 is 0 Å². The monoisotopic (exact) mass is 272 g/mol. The molecule has 0 saturated carbocycles. The second-order valence-electron chi connectivity index (χ2n) is 3.81. The van der Waals surface area contributed by atoms with Gasteiger partial charge in [-0.25, -0.2) is 0 Å². The van der Waals surface area contributed by atoms with Crippen LogP contribution in [0.2, 0.25) is 0 Å². The molecule has 0 aliphatic heterocycles. The molecule has 0 aliphatic carbocycles. The Morgan fingerprint density at radius 1 is 1.42 bits per heavy atom. The number of hydrogen-bond donors (Lipinski definition) is 1. The number of nitrogens with zero attached hydrogens (tertiary/aromatic N) is 1. The van der Waals surface area contributed by atoms with E-state index in [2.05, 4.69) is 16.2 Å². The van der Waals surface area contributed by atoms with Crippen molar-refractivity contribution in [3.05, 3.63) is 17.7 Å². The van der Waals surface area contributed by atoms with Gasteiger partial charge in [0.25, 0.3) is 0 Å². The van der Waals surface area contributed by atoms with Gasteiger partial charge < -0.3 is 10.1 Å². The Labute approximate surface area is 110 Å². The summed E-state index contributed by atoms with van der Waals surface area (Å²) in [6, 6.07) is 1.83. The van der Waals surface area contributed by atoms with E-state index < -0.39 is 11.7 Å². The molecule has 0 amide bonds. The predicted octanol–water partition coefficient (Wildman–Crippen LogP) is 3.32. The average molecular weight is 272 g/mol. The average Bonchev–Trinajstić information content (AvgIpc) is 2.35. The topological polar surface area (TPSA) is 34.1 Å². The first kappa shape index (κ1) is 15.2. The second kappa shape index (κ2) is 6.88. The van der Waals surface area contributed by atoms with Crippen molar-refractivity contribution in [2.75, 3.05) is 18.5 Å². The van der Waals surface area contributed by atoms with Crippen molar-refractivity contribution in [3.63, 3.8) is 0 Å². The second-order valence-corrected chi connectivity index (χ2v) is 3.81. The third-order valence-electron chi connectivity index (χ3n) is 2.18. The summed E-state index contributed by atoms with van der Waals surface area (Å²) in [6.45, 7) is 2.58.